The third-order valence-electron chi connectivity index (χ3n) is 5.46. The monoisotopic (exact) mass is 431 g/mol. The standard InChI is InChI=1S/C26H52ClO2/c1-2-3-23-28-24-19-16-14-12-10-8-6-4-5-7-9-11-13-15-17-20-25-29-26-21-18-22-27/h5H,2-4,6-26H2,1H3. The molecule has 0 aromatic carbocycles. The van der Waals surface area contributed by atoms with E-state index in [1.54, 1.807) is 0 Å². The number of halogens is 1. The Kier molecular flexibility index (Phi) is 28.4. The largest absolute Gasteiger partial charge is 0.381 e. The molecule has 0 saturated carbocycles. The summed E-state index contributed by atoms with van der Waals surface area (Å²) in [5.74, 6) is 0.761. The van der Waals surface area contributed by atoms with Crippen molar-refractivity contribution in [3.63, 3.8) is 0 Å². The summed E-state index contributed by atoms with van der Waals surface area (Å²) in [5.41, 5.74) is 0. The minimum Gasteiger partial charge on any atom is -0.381 e. The Balaban J connectivity index is 2.97. The van der Waals surface area contributed by atoms with Crippen LogP contribution < -0.4 is 0 Å². The molecule has 29 heavy (non-hydrogen) atoms. The number of rotatable bonds is 26. The molecule has 2 nitrogen and oxygen atoms in total. The maximum absolute atomic E-state index is 5.65. The lowest BCUT2D eigenvalue weighted by Gasteiger charge is -2.05. The summed E-state index contributed by atoms with van der Waals surface area (Å²) in [6.07, 6.45) is 27.5. The minimum absolute atomic E-state index is 0.761. The Morgan fingerprint density at radius 2 is 0.862 bits per heavy atom. The first-order valence-corrected chi connectivity index (χ1v) is 13.5. The summed E-state index contributed by atoms with van der Waals surface area (Å²) in [7, 11) is 0. The molecule has 0 fully saturated rings. The number of alkyl halides is 1. The summed E-state index contributed by atoms with van der Waals surface area (Å²) in [6, 6.07) is 0. The van der Waals surface area contributed by atoms with Crippen LogP contribution >= 0.6 is 11.6 Å². The lowest BCUT2D eigenvalue weighted by molar-refractivity contribution is 0.127. The Morgan fingerprint density at radius 1 is 0.483 bits per heavy atom. The summed E-state index contributed by atoms with van der Waals surface area (Å²) < 4.78 is 11.2. The summed E-state index contributed by atoms with van der Waals surface area (Å²) in [5, 5.41) is 0. The third kappa shape index (κ3) is 28.2. The average molecular weight is 432 g/mol. The lowest BCUT2D eigenvalue weighted by atomic mass is 10.0. The first-order chi connectivity index (χ1) is 14.4. The molecule has 0 heterocycles. The van der Waals surface area contributed by atoms with Crippen LogP contribution in [-0.2, 0) is 9.47 Å². The topological polar surface area (TPSA) is 18.5 Å². The van der Waals surface area contributed by atoms with Crippen LogP contribution in [0.5, 0.6) is 0 Å². The van der Waals surface area contributed by atoms with E-state index in [9.17, 15) is 0 Å². The van der Waals surface area contributed by atoms with Gasteiger partial charge in [0, 0.05) is 32.3 Å². The zero-order valence-electron chi connectivity index (χ0n) is 19.7. The highest BCUT2D eigenvalue weighted by Gasteiger charge is 1.96. The van der Waals surface area contributed by atoms with Gasteiger partial charge in [-0.3, -0.25) is 0 Å². The lowest BCUT2D eigenvalue weighted by Crippen LogP contribution is -1.97. The van der Waals surface area contributed by atoms with Gasteiger partial charge in [0.1, 0.15) is 0 Å². The van der Waals surface area contributed by atoms with E-state index >= 15 is 0 Å². The molecule has 0 aromatic heterocycles. The van der Waals surface area contributed by atoms with E-state index in [-0.39, 0.29) is 0 Å². The Bertz CT molecular complexity index is 247. The SMILES string of the molecule is CCCCOCCCCCCCCC[CH]CCCCCCCCOCCCCCl. The van der Waals surface area contributed by atoms with Gasteiger partial charge in [-0.2, -0.15) is 0 Å². The highest BCUT2D eigenvalue weighted by molar-refractivity contribution is 6.17. The molecule has 0 bridgehead atoms. The van der Waals surface area contributed by atoms with E-state index in [1.807, 2.05) is 0 Å². The van der Waals surface area contributed by atoms with Gasteiger partial charge in [-0.1, -0.05) is 96.8 Å². The van der Waals surface area contributed by atoms with E-state index in [4.69, 9.17) is 21.1 Å². The molecule has 1 radical (unpaired) electrons. The molecule has 3 heteroatoms. The van der Waals surface area contributed by atoms with Crippen molar-refractivity contribution < 1.29 is 9.47 Å². The zero-order valence-corrected chi connectivity index (χ0v) is 20.5. The maximum Gasteiger partial charge on any atom is 0.0466 e. The molecule has 0 aliphatic carbocycles. The van der Waals surface area contributed by atoms with Crippen LogP contribution in [0.2, 0.25) is 0 Å². The van der Waals surface area contributed by atoms with Gasteiger partial charge in [0.15, 0.2) is 0 Å². The van der Waals surface area contributed by atoms with Crippen molar-refractivity contribution >= 4 is 11.6 Å². The van der Waals surface area contributed by atoms with Crippen LogP contribution in [0.25, 0.3) is 0 Å². The van der Waals surface area contributed by atoms with E-state index in [2.05, 4.69) is 13.3 Å². The predicted molar refractivity (Wildman–Crippen MR) is 130 cm³/mol. The molecule has 0 atom stereocenters. The molecule has 0 aliphatic rings. The van der Waals surface area contributed by atoms with Crippen LogP contribution in [0.4, 0.5) is 0 Å². The minimum atomic E-state index is 0.761. The van der Waals surface area contributed by atoms with Gasteiger partial charge in [-0.25, -0.2) is 0 Å². The van der Waals surface area contributed by atoms with Crippen molar-refractivity contribution in [3.05, 3.63) is 6.42 Å². The first-order valence-electron chi connectivity index (χ1n) is 12.9. The summed E-state index contributed by atoms with van der Waals surface area (Å²) in [4.78, 5) is 0. The van der Waals surface area contributed by atoms with Crippen molar-refractivity contribution in [1.29, 1.82) is 0 Å². The maximum atomic E-state index is 5.65. The van der Waals surface area contributed by atoms with E-state index < -0.39 is 0 Å². The second-order valence-electron chi connectivity index (χ2n) is 8.44. The van der Waals surface area contributed by atoms with E-state index in [0.29, 0.717) is 0 Å². The fraction of sp³-hybridized carbons (Fsp3) is 0.962. The quantitative estimate of drug-likeness (QED) is 0.100. The number of hydrogen-bond donors (Lipinski definition) is 0. The van der Waals surface area contributed by atoms with E-state index in [0.717, 1.165) is 45.1 Å². The molecule has 0 rings (SSSR count). The summed E-state index contributed by atoms with van der Waals surface area (Å²) >= 11 is 5.65. The number of unbranched alkanes of at least 4 members (excludes halogenated alkanes) is 17. The highest BCUT2D eigenvalue weighted by Crippen LogP contribution is 2.13. The first kappa shape index (κ1) is 29.2. The fourth-order valence-electron chi connectivity index (χ4n) is 3.47. The molecular formula is C26H52ClO2. The van der Waals surface area contributed by atoms with Gasteiger partial charge >= 0.3 is 0 Å². The average Bonchev–Trinajstić information content (AvgIpc) is 2.74. The Hall–Kier alpha value is 0.210. The van der Waals surface area contributed by atoms with Crippen molar-refractivity contribution in [2.24, 2.45) is 0 Å². The second-order valence-corrected chi connectivity index (χ2v) is 8.81. The second kappa shape index (κ2) is 28.2. The molecule has 0 amide bonds. The van der Waals surface area contributed by atoms with Gasteiger partial charge in [0.2, 0.25) is 0 Å². The molecule has 0 unspecified atom stereocenters. The fourth-order valence-corrected chi connectivity index (χ4v) is 3.66. The third-order valence-corrected chi connectivity index (χ3v) is 5.73. The smallest absolute Gasteiger partial charge is 0.0466 e. The van der Waals surface area contributed by atoms with Gasteiger partial charge in [0.05, 0.1) is 0 Å². The van der Waals surface area contributed by atoms with Crippen LogP contribution in [0.1, 0.15) is 129 Å². The molecule has 0 spiro atoms. The van der Waals surface area contributed by atoms with Crippen molar-refractivity contribution in [2.75, 3.05) is 32.3 Å². The van der Waals surface area contributed by atoms with Crippen LogP contribution in [0.15, 0.2) is 0 Å². The Morgan fingerprint density at radius 3 is 1.31 bits per heavy atom. The molecule has 175 valence electrons. The molecule has 0 saturated heterocycles. The van der Waals surface area contributed by atoms with Crippen LogP contribution in [0, 0.1) is 6.42 Å². The van der Waals surface area contributed by atoms with E-state index in [1.165, 1.54) is 109 Å². The molecule has 0 aliphatic heterocycles. The van der Waals surface area contributed by atoms with Crippen LogP contribution in [0.3, 0.4) is 0 Å². The summed E-state index contributed by atoms with van der Waals surface area (Å²) in [6.45, 7) is 5.96. The molecule has 0 aromatic rings. The van der Waals surface area contributed by atoms with Gasteiger partial charge in [-0.15, -0.1) is 11.6 Å². The van der Waals surface area contributed by atoms with Crippen molar-refractivity contribution in [2.45, 2.75) is 129 Å². The predicted octanol–water partition coefficient (Wildman–Crippen LogP) is 8.89. The molecular weight excluding hydrogens is 380 g/mol. The Labute approximate surface area is 188 Å². The van der Waals surface area contributed by atoms with Crippen molar-refractivity contribution in [1.82, 2.24) is 0 Å². The van der Waals surface area contributed by atoms with Gasteiger partial charge in [0.25, 0.3) is 0 Å². The molecule has 0 N–H and O–H groups in total. The van der Waals surface area contributed by atoms with Crippen LogP contribution in [-0.4, -0.2) is 32.3 Å². The number of hydrogen-bond acceptors (Lipinski definition) is 2. The van der Waals surface area contributed by atoms with Crippen molar-refractivity contribution in [3.8, 4) is 0 Å². The normalized spacial score (nSPS) is 11.4. The highest BCUT2D eigenvalue weighted by atomic mass is 35.5. The van der Waals surface area contributed by atoms with Gasteiger partial charge < -0.3 is 9.47 Å². The number of ether oxygens (including phenoxy) is 2. The van der Waals surface area contributed by atoms with Gasteiger partial charge in [-0.05, 0) is 38.5 Å². The zero-order chi connectivity index (χ0) is 21.1.